The third-order valence-corrected chi connectivity index (χ3v) is 2.90. The molecule has 2 aromatic rings. The van der Waals surface area contributed by atoms with Gasteiger partial charge in [-0.15, -0.1) is 0 Å². The molecule has 0 saturated carbocycles. The molecule has 0 radical (unpaired) electrons. The number of hydrogen-bond donors (Lipinski definition) is 1. The number of hydrogen-bond acceptors (Lipinski definition) is 4. The molecule has 0 fully saturated rings. The molecule has 5 heteroatoms. The number of ether oxygens (including phenoxy) is 2. The zero-order chi connectivity index (χ0) is 14.7. The minimum absolute atomic E-state index is 0.102. The maximum atomic E-state index is 13.0. The van der Waals surface area contributed by atoms with Crippen molar-refractivity contribution in [2.24, 2.45) is 0 Å². The number of halogens is 1. The summed E-state index contributed by atoms with van der Waals surface area (Å²) < 4.78 is 23.3. The molecule has 0 aliphatic rings. The summed E-state index contributed by atoms with van der Waals surface area (Å²) in [5, 5.41) is 0. The van der Waals surface area contributed by atoms with Crippen LogP contribution in [0.15, 0.2) is 36.4 Å². The molecule has 0 atom stereocenters. The molecule has 0 amide bonds. The van der Waals surface area contributed by atoms with E-state index in [9.17, 15) is 9.18 Å². The number of carbonyl (C=O) groups is 1. The van der Waals surface area contributed by atoms with Gasteiger partial charge >= 0.3 is 0 Å². The van der Waals surface area contributed by atoms with E-state index in [1.54, 1.807) is 18.2 Å². The molecule has 104 valence electrons. The van der Waals surface area contributed by atoms with Crippen molar-refractivity contribution in [3.63, 3.8) is 0 Å². The van der Waals surface area contributed by atoms with Crippen molar-refractivity contribution in [2.75, 3.05) is 20.0 Å². The average molecular weight is 275 g/mol. The Hall–Kier alpha value is -2.56. The fourth-order valence-corrected chi connectivity index (χ4v) is 1.87. The molecule has 0 aromatic heterocycles. The van der Waals surface area contributed by atoms with Crippen LogP contribution in [0.25, 0.3) is 0 Å². The number of rotatable bonds is 4. The highest BCUT2D eigenvalue weighted by Gasteiger charge is 2.15. The van der Waals surface area contributed by atoms with Gasteiger partial charge in [-0.05, 0) is 36.4 Å². The van der Waals surface area contributed by atoms with Crippen molar-refractivity contribution in [1.29, 1.82) is 0 Å². The van der Waals surface area contributed by atoms with Gasteiger partial charge in [0.1, 0.15) is 5.82 Å². The van der Waals surface area contributed by atoms with Crippen molar-refractivity contribution in [2.45, 2.75) is 0 Å². The minimum Gasteiger partial charge on any atom is -0.493 e. The van der Waals surface area contributed by atoms with Gasteiger partial charge in [0.05, 0.1) is 14.2 Å². The Labute approximate surface area is 115 Å². The van der Waals surface area contributed by atoms with Crippen LogP contribution in [0.2, 0.25) is 0 Å². The van der Waals surface area contributed by atoms with Crippen molar-refractivity contribution < 1.29 is 18.7 Å². The first-order chi connectivity index (χ1) is 9.56. The van der Waals surface area contributed by atoms with E-state index in [0.29, 0.717) is 17.1 Å². The van der Waals surface area contributed by atoms with Gasteiger partial charge in [0.25, 0.3) is 0 Å². The van der Waals surface area contributed by atoms with Crippen LogP contribution in [0.5, 0.6) is 11.5 Å². The molecule has 4 nitrogen and oxygen atoms in total. The summed E-state index contributed by atoms with van der Waals surface area (Å²) in [4.78, 5) is 12.3. The highest BCUT2D eigenvalue weighted by molar-refractivity contribution is 6.12. The lowest BCUT2D eigenvalue weighted by Gasteiger charge is -2.10. The van der Waals surface area contributed by atoms with E-state index < -0.39 is 5.82 Å². The zero-order valence-electron chi connectivity index (χ0n) is 11.1. The summed E-state index contributed by atoms with van der Waals surface area (Å²) in [5.41, 5.74) is 6.41. The van der Waals surface area contributed by atoms with Gasteiger partial charge in [-0.25, -0.2) is 4.39 Å². The maximum Gasteiger partial charge on any atom is 0.195 e. The van der Waals surface area contributed by atoms with Gasteiger partial charge < -0.3 is 15.2 Å². The molecule has 0 saturated heterocycles. The second-order valence-corrected chi connectivity index (χ2v) is 4.13. The molecule has 2 aromatic carbocycles. The number of ketones is 1. The van der Waals surface area contributed by atoms with Crippen LogP contribution in [-0.4, -0.2) is 20.0 Å². The van der Waals surface area contributed by atoms with Crippen LogP contribution in [-0.2, 0) is 0 Å². The van der Waals surface area contributed by atoms with E-state index in [2.05, 4.69) is 0 Å². The maximum absolute atomic E-state index is 13.0. The lowest BCUT2D eigenvalue weighted by atomic mass is 10.0. The van der Waals surface area contributed by atoms with Crippen molar-refractivity contribution in [3.8, 4) is 11.5 Å². The predicted molar refractivity (Wildman–Crippen MR) is 73.8 cm³/mol. The Morgan fingerprint density at radius 1 is 1.05 bits per heavy atom. The molecule has 0 unspecified atom stereocenters. The van der Waals surface area contributed by atoms with Crippen molar-refractivity contribution in [1.82, 2.24) is 0 Å². The number of nitrogen functional groups attached to an aromatic ring is 1. The Bertz CT molecular complexity index is 656. The van der Waals surface area contributed by atoms with Crippen LogP contribution in [0.3, 0.4) is 0 Å². The Morgan fingerprint density at radius 3 is 2.35 bits per heavy atom. The standard InChI is InChI=1S/C15H14FNO3/c1-19-13-6-3-9(7-14(13)20-2)15(18)11-5-4-10(16)8-12(11)17/h3-8H,17H2,1-2H3. The lowest BCUT2D eigenvalue weighted by Crippen LogP contribution is -2.06. The normalized spacial score (nSPS) is 10.2. The number of anilines is 1. The fourth-order valence-electron chi connectivity index (χ4n) is 1.87. The zero-order valence-corrected chi connectivity index (χ0v) is 11.1. The highest BCUT2D eigenvalue weighted by Crippen LogP contribution is 2.29. The average Bonchev–Trinajstić information content (AvgIpc) is 2.45. The Morgan fingerprint density at radius 2 is 1.75 bits per heavy atom. The molecule has 0 aliphatic carbocycles. The molecule has 20 heavy (non-hydrogen) atoms. The Balaban J connectivity index is 2.43. The summed E-state index contributed by atoms with van der Waals surface area (Å²) in [6.45, 7) is 0. The van der Waals surface area contributed by atoms with Gasteiger partial charge in [-0.1, -0.05) is 0 Å². The number of methoxy groups -OCH3 is 2. The molecular weight excluding hydrogens is 261 g/mol. The topological polar surface area (TPSA) is 61.5 Å². The molecule has 0 bridgehead atoms. The lowest BCUT2D eigenvalue weighted by molar-refractivity contribution is 0.103. The first-order valence-electron chi connectivity index (χ1n) is 5.88. The third-order valence-electron chi connectivity index (χ3n) is 2.90. The first kappa shape index (κ1) is 13.9. The largest absolute Gasteiger partial charge is 0.493 e. The van der Waals surface area contributed by atoms with Crippen LogP contribution in [0.4, 0.5) is 10.1 Å². The van der Waals surface area contributed by atoms with Crippen molar-refractivity contribution >= 4 is 11.5 Å². The highest BCUT2D eigenvalue weighted by atomic mass is 19.1. The third kappa shape index (κ3) is 2.56. The SMILES string of the molecule is COc1ccc(C(=O)c2ccc(F)cc2N)cc1OC. The number of nitrogens with two attached hydrogens (primary N) is 1. The van der Waals surface area contributed by atoms with Gasteiger partial charge in [-0.2, -0.15) is 0 Å². The summed E-state index contributed by atoms with van der Waals surface area (Å²) >= 11 is 0. The van der Waals surface area contributed by atoms with E-state index >= 15 is 0 Å². The van der Waals surface area contributed by atoms with E-state index in [4.69, 9.17) is 15.2 Å². The van der Waals surface area contributed by atoms with Crippen molar-refractivity contribution in [3.05, 3.63) is 53.3 Å². The minimum atomic E-state index is -0.480. The number of benzene rings is 2. The predicted octanol–water partition coefficient (Wildman–Crippen LogP) is 2.66. The molecule has 0 spiro atoms. The van der Waals surface area contributed by atoms with Gasteiger partial charge in [0, 0.05) is 16.8 Å². The molecule has 2 N–H and O–H groups in total. The summed E-state index contributed by atoms with van der Waals surface area (Å²) in [6, 6.07) is 8.48. The quantitative estimate of drug-likeness (QED) is 0.688. The van der Waals surface area contributed by atoms with E-state index in [1.807, 2.05) is 0 Å². The smallest absolute Gasteiger partial charge is 0.195 e. The molecule has 2 rings (SSSR count). The van der Waals surface area contributed by atoms with Gasteiger partial charge in [-0.3, -0.25) is 4.79 Å². The first-order valence-corrected chi connectivity index (χ1v) is 5.88. The fraction of sp³-hybridized carbons (Fsp3) is 0.133. The van der Waals surface area contributed by atoms with Crippen LogP contribution in [0.1, 0.15) is 15.9 Å². The Kier molecular flexibility index (Phi) is 3.89. The van der Waals surface area contributed by atoms with Crippen LogP contribution >= 0.6 is 0 Å². The summed E-state index contributed by atoms with van der Waals surface area (Å²) in [5.74, 6) is 0.185. The van der Waals surface area contributed by atoms with Gasteiger partial charge in [0.15, 0.2) is 17.3 Å². The van der Waals surface area contributed by atoms with E-state index in [-0.39, 0.29) is 17.0 Å². The summed E-state index contributed by atoms with van der Waals surface area (Å²) in [6.07, 6.45) is 0. The monoisotopic (exact) mass is 275 g/mol. The van der Waals surface area contributed by atoms with E-state index in [0.717, 1.165) is 6.07 Å². The molecule has 0 heterocycles. The van der Waals surface area contributed by atoms with Crippen LogP contribution < -0.4 is 15.2 Å². The van der Waals surface area contributed by atoms with E-state index in [1.165, 1.54) is 26.4 Å². The van der Waals surface area contributed by atoms with Crippen LogP contribution in [0, 0.1) is 5.82 Å². The molecule has 0 aliphatic heterocycles. The van der Waals surface area contributed by atoms with Gasteiger partial charge in [0.2, 0.25) is 0 Å². The molecular formula is C15H14FNO3. The number of carbonyl (C=O) groups excluding carboxylic acids is 1. The summed E-state index contributed by atoms with van der Waals surface area (Å²) in [7, 11) is 3.00. The second kappa shape index (κ2) is 5.61. The second-order valence-electron chi connectivity index (χ2n) is 4.13.